The van der Waals surface area contributed by atoms with Gasteiger partial charge in [0.1, 0.15) is 5.75 Å². The van der Waals surface area contributed by atoms with Gasteiger partial charge in [0.15, 0.2) is 16.8 Å². The Hall–Kier alpha value is -2.60. The Labute approximate surface area is 176 Å². The van der Waals surface area contributed by atoms with Crippen LogP contribution in [0, 0.1) is 0 Å². The average Bonchev–Trinajstić information content (AvgIpc) is 3.19. The van der Waals surface area contributed by atoms with Crippen molar-refractivity contribution < 1.29 is 9.53 Å². The fourth-order valence-corrected chi connectivity index (χ4v) is 3.98. The van der Waals surface area contributed by atoms with Crippen molar-refractivity contribution >= 4 is 17.5 Å². The van der Waals surface area contributed by atoms with E-state index in [4.69, 9.17) is 4.74 Å². The van der Waals surface area contributed by atoms with Crippen molar-refractivity contribution in [1.82, 2.24) is 14.8 Å². The largest absolute Gasteiger partial charge is 0.497 e. The first-order valence-electron chi connectivity index (χ1n) is 9.90. The molecule has 0 saturated heterocycles. The van der Waals surface area contributed by atoms with Gasteiger partial charge in [0.05, 0.1) is 12.9 Å². The number of rotatable bonds is 9. The Bertz CT molecular complexity index is 949. The van der Waals surface area contributed by atoms with Crippen molar-refractivity contribution in [2.45, 2.75) is 44.8 Å². The summed E-state index contributed by atoms with van der Waals surface area (Å²) >= 11 is 1.43. The van der Waals surface area contributed by atoms with E-state index in [0.717, 1.165) is 40.8 Å². The van der Waals surface area contributed by atoms with Gasteiger partial charge in [0.2, 0.25) is 0 Å². The van der Waals surface area contributed by atoms with Crippen LogP contribution in [0.25, 0.3) is 11.4 Å². The number of hydrogen-bond donors (Lipinski definition) is 0. The molecule has 0 fully saturated rings. The number of thioether (sulfide) groups is 1. The van der Waals surface area contributed by atoms with Gasteiger partial charge in [-0.25, -0.2) is 0 Å². The average molecular weight is 410 g/mol. The number of nitrogens with zero attached hydrogens (tertiary/aromatic N) is 3. The lowest BCUT2D eigenvalue weighted by Crippen LogP contribution is -2.05. The molecule has 1 aromatic heterocycles. The highest BCUT2D eigenvalue weighted by Crippen LogP contribution is 2.26. The van der Waals surface area contributed by atoms with Gasteiger partial charge in [0.25, 0.3) is 0 Å². The van der Waals surface area contributed by atoms with Crippen molar-refractivity contribution in [1.29, 1.82) is 0 Å². The van der Waals surface area contributed by atoms with Gasteiger partial charge in [0, 0.05) is 17.7 Å². The summed E-state index contributed by atoms with van der Waals surface area (Å²) in [4.78, 5) is 12.6. The molecular formula is C23H27N3O2S. The van der Waals surface area contributed by atoms with Gasteiger partial charge in [-0.3, -0.25) is 4.79 Å². The minimum atomic E-state index is 0.0994. The summed E-state index contributed by atoms with van der Waals surface area (Å²) < 4.78 is 7.25. The van der Waals surface area contributed by atoms with Crippen LogP contribution in [-0.4, -0.2) is 33.4 Å². The Morgan fingerprint density at radius 2 is 1.76 bits per heavy atom. The second-order valence-electron chi connectivity index (χ2n) is 6.92. The van der Waals surface area contributed by atoms with Crippen molar-refractivity contribution in [2.75, 3.05) is 12.9 Å². The minimum Gasteiger partial charge on any atom is -0.497 e. The highest BCUT2D eigenvalue weighted by Gasteiger charge is 2.15. The van der Waals surface area contributed by atoms with E-state index in [9.17, 15) is 4.79 Å². The van der Waals surface area contributed by atoms with Crippen LogP contribution in [0.5, 0.6) is 5.75 Å². The van der Waals surface area contributed by atoms with E-state index in [1.807, 2.05) is 41.0 Å². The molecule has 0 radical (unpaired) electrons. The normalized spacial score (nSPS) is 12.0. The molecule has 2 aromatic carbocycles. The third kappa shape index (κ3) is 4.88. The maximum Gasteiger partial charge on any atom is 0.191 e. The second-order valence-corrected chi connectivity index (χ2v) is 7.86. The molecule has 29 heavy (non-hydrogen) atoms. The van der Waals surface area contributed by atoms with E-state index >= 15 is 0 Å². The highest BCUT2D eigenvalue weighted by molar-refractivity contribution is 7.99. The van der Waals surface area contributed by atoms with Gasteiger partial charge < -0.3 is 9.30 Å². The molecule has 0 aliphatic carbocycles. The molecule has 0 aliphatic heterocycles. The molecule has 1 heterocycles. The quantitative estimate of drug-likeness (QED) is 0.347. The summed E-state index contributed by atoms with van der Waals surface area (Å²) in [7, 11) is 1.65. The van der Waals surface area contributed by atoms with Crippen molar-refractivity contribution in [3.05, 3.63) is 59.7 Å². The van der Waals surface area contributed by atoms with Gasteiger partial charge in [-0.1, -0.05) is 49.9 Å². The Morgan fingerprint density at radius 1 is 1.07 bits per heavy atom. The lowest BCUT2D eigenvalue weighted by atomic mass is 9.97. The fraction of sp³-hybridized carbons (Fsp3) is 0.348. The molecule has 0 unspecified atom stereocenters. The van der Waals surface area contributed by atoms with E-state index in [1.54, 1.807) is 7.11 Å². The van der Waals surface area contributed by atoms with Gasteiger partial charge in [-0.15, -0.1) is 10.2 Å². The third-order valence-electron chi connectivity index (χ3n) is 5.13. The maximum atomic E-state index is 12.6. The smallest absolute Gasteiger partial charge is 0.191 e. The van der Waals surface area contributed by atoms with E-state index < -0.39 is 0 Å². The zero-order valence-corrected chi connectivity index (χ0v) is 18.2. The van der Waals surface area contributed by atoms with Crippen LogP contribution in [0.4, 0.5) is 0 Å². The predicted octanol–water partition coefficient (Wildman–Crippen LogP) is 5.46. The van der Waals surface area contributed by atoms with E-state index in [-0.39, 0.29) is 5.78 Å². The summed E-state index contributed by atoms with van der Waals surface area (Å²) in [6.45, 7) is 7.15. The molecular weight excluding hydrogens is 382 g/mol. The summed E-state index contributed by atoms with van der Waals surface area (Å²) in [5.74, 6) is 2.54. The third-order valence-corrected chi connectivity index (χ3v) is 6.09. The number of aromatic nitrogens is 3. The Morgan fingerprint density at radius 3 is 2.34 bits per heavy atom. The second kappa shape index (κ2) is 9.74. The molecule has 152 valence electrons. The molecule has 0 saturated carbocycles. The Balaban J connectivity index is 1.70. The number of ketones is 1. The summed E-state index contributed by atoms with van der Waals surface area (Å²) in [5, 5.41) is 9.41. The zero-order valence-electron chi connectivity index (χ0n) is 17.4. The summed E-state index contributed by atoms with van der Waals surface area (Å²) in [6, 6.07) is 15.7. The molecule has 0 spiro atoms. The minimum absolute atomic E-state index is 0.0994. The topological polar surface area (TPSA) is 57.0 Å². The first-order valence-corrected chi connectivity index (χ1v) is 10.9. The number of carbonyl (C=O) groups is 1. The number of hydrogen-bond acceptors (Lipinski definition) is 5. The first kappa shape index (κ1) is 21.1. The van der Waals surface area contributed by atoms with Crippen molar-refractivity contribution in [2.24, 2.45) is 0 Å². The zero-order chi connectivity index (χ0) is 20.8. The number of carbonyl (C=O) groups excluding carboxylic acids is 1. The SMILES string of the molecule is CC[C@H](C)c1ccc(C(=O)CSc2nnc(-c3ccc(OC)cc3)n2CC)cc1. The number of benzene rings is 2. The molecule has 1 atom stereocenters. The Kier molecular flexibility index (Phi) is 7.09. The fourth-order valence-electron chi connectivity index (χ4n) is 3.08. The summed E-state index contributed by atoms with van der Waals surface area (Å²) in [6.07, 6.45) is 1.09. The van der Waals surface area contributed by atoms with Crippen LogP contribution in [0.3, 0.4) is 0 Å². The van der Waals surface area contributed by atoms with Crippen molar-refractivity contribution in [3.8, 4) is 17.1 Å². The molecule has 0 amide bonds. The molecule has 0 N–H and O–H groups in total. The van der Waals surface area contributed by atoms with E-state index in [2.05, 4.69) is 43.1 Å². The van der Waals surface area contributed by atoms with E-state index in [0.29, 0.717) is 11.7 Å². The molecule has 0 aliphatic rings. The molecule has 3 rings (SSSR count). The van der Waals surface area contributed by atoms with Crippen LogP contribution in [0.1, 0.15) is 49.0 Å². The van der Waals surface area contributed by atoms with E-state index in [1.165, 1.54) is 17.3 Å². The van der Waals surface area contributed by atoms with Gasteiger partial charge in [-0.2, -0.15) is 0 Å². The molecule has 0 bridgehead atoms. The molecule has 3 aromatic rings. The van der Waals surface area contributed by atoms with Crippen LogP contribution in [0.2, 0.25) is 0 Å². The molecule has 5 nitrogen and oxygen atoms in total. The lowest BCUT2D eigenvalue weighted by molar-refractivity contribution is 0.102. The van der Waals surface area contributed by atoms with Crippen LogP contribution in [-0.2, 0) is 6.54 Å². The van der Waals surface area contributed by atoms with Crippen molar-refractivity contribution in [3.63, 3.8) is 0 Å². The standard InChI is InChI=1S/C23H27N3O2S/c1-5-16(3)17-7-9-18(10-8-17)21(27)15-29-23-25-24-22(26(23)6-2)19-11-13-20(28-4)14-12-19/h7-14,16H,5-6,15H2,1-4H3/t16-/m0/s1. The number of ether oxygens (including phenoxy) is 1. The van der Waals surface area contributed by atoms with Gasteiger partial charge >= 0.3 is 0 Å². The van der Waals surface area contributed by atoms with Crippen LogP contribution in [0.15, 0.2) is 53.7 Å². The first-order chi connectivity index (χ1) is 14.1. The lowest BCUT2D eigenvalue weighted by Gasteiger charge is -2.10. The number of methoxy groups -OCH3 is 1. The van der Waals surface area contributed by atoms with Gasteiger partial charge in [-0.05, 0) is 49.1 Å². The highest BCUT2D eigenvalue weighted by atomic mass is 32.2. The number of Topliss-reactive ketones (excluding diaryl/α,β-unsaturated/α-hetero) is 1. The van der Waals surface area contributed by atoms with Crippen LogP contribution >= 0.6 is 11.8 Å². The monoisotopic (exact) mass is 409 g/mol. The predicted molar refractivity (Wildman–Crippen MR) is 118 cm³/mol. The maximum absolute atomic E-state index is 12.6. The summed E-state index contributed by atoms with van der Waals surface area (Å²) in [5.41, 5.74) is 2.98. The van der Waals surface area contributed by atoms with Crippen LogP contribution < -0.4 is 4.74 Å². The molecule has 6 heteroatoms.